The van der Waals surface area contributed by atoms with E-state index in [2.05, 4.69) is 31.8 Å². The largest absolute Gasteiger partial charge is 0.338 e. The second-order valence-electron chi connectivity index (χ2n) is 6.74. The topological polar surface area (TPSA) is 33.2 Å². The standard InChI is InChI=1S/C18H26N2O/c1-15(2)5-4-9-18(3)10-6-17(21)20(14-18)13-16-7-11-19-12-8-16/h5,7-8,11-12H,4,6,9-10,13-14H2,1-3H3/t18-/m1/s1. The minimum atomic E-state index is 0.243. The van der Waals surface area contributed by atoms with Gasteiger partial charge >= 0.3 is 0 Å². The summed E-state index contributed by atoms with van der Waals surface area (Å²) in [6.07, 6.45) is 9.82. The summed E-state index contributed by atoms with van der Waals surface area (Å²) in [6, 6.07) is 3.98. The van der Waals surface area contributed by atoms with Gasteiger partial charge in [0.05, 0.1) is 0 Å². The zero-order valence-corrected chi connectivity index (χ0v) is 13.4. The number of amides is 1. The molecule has 0 aliphatic carbocycles. The van der Waals surface area contributed by atoms with E-state index in [9.17, 15) is 4.79 Å². The summed E-state index contributed by atoms with van der Waals surface area (Å²) in [5.41, 5.74) is 2.78. The average molecular weight is 286 g/mol. The van der Waals surface area contributed by atoms with Crippen LogP contribution in [0, 0.1) is 5.41 Å². The lowest BCUT2D eigenvalue weighted by Crippen LogP contribution is -2.44. The number of nitrogens with zero attached hydrogens (tertiary/aromatic N) is 2. The Kier molecular flexibility index (Phi) is 5.16. The molecular formula is C18H26N2O. The molecule has 1 atom stereocenters. The summed E-state index contributed by atoms with van der Waals surface area (Å²) in [5, 5.41) is 0. The third kappa shape index (κ3) is 4.69. The second kappa shape index (κ2) is 6.88. The number of carbonyl (C=O) groups is 1. The van der Waals surface area contributed by atoms with Gasteiger partial charge in [0.25, 0.3) is 0 Å². The van der Waals surface area contributed by atoms with Crippen LogP contribution in [0.15, 0.2) is 36.2 Å². The summed E-state index contributed by atoms with van der Waals surface area (Å²) < 4.78 is 0. The minimum absolute atomic E-state index is 0.243. The highest BCUT2D eigenvalue weighted by Gasteiger charge is 2.34. The monoisotopic (exact) mass is 286 g/mol. The van der Waals surface area contributed by atoms with Crippen LogP contribution in [0.1, 0.15) is 52.0 Å². The van der Waals surface area contributed by atoms with Gasteiger partial charge in [-0.05, 0) is 56.2 Å². The minimum Gasteiger partial charge on any atom is -0.338 e. The van der Waals surface area contributed by atoms with Gasteiger partial charge in [0.15, 0.2) is 0 Å². The van der Waals surface area contributed by atoms with Gasteiger partial charge in [-0.15, -0.1) is 0 Å². The first-order chi connectivity index (χ1) is 9.98. The highest BCUT2D eigenvalue weighted by Crippen LogP contribution is 2.35. The van der Waals surface area contributed by atoms with Gasteiger partial charge in [-0.1, -0.05) is 18.6 Å². The predicted molar refractivity (Wildman–Crippen MR) is 85.7 cm³/mol. The number of pyridine rings is 1. The van der Waals surface area contributed by atoms with Crippen molar-refractivity contribution in [2.24, 2.45) is 5.41 Å². The molecule has 0 N–H and O–H groups in total. The first kappa shape index (κ1) is 15.7. The van der Waals surface area contributed by atoms with Gasteiger partial charge < -0.3 is 4.90 Å². The molecule has 0 saturated carbocycles. The van der Waals surface area contributed by atoms with Gasteiger partial charge in [0.2, 0.25) is 5.91 Å². The van der Waals surface area contributed by atoms with E-state index in [0.29, 0.717) is 13.0 Å². The van der Waals surface area contributed by atoms with Gasteiger partial charge in [-0.25, -0.2) is 0 Å². The maximum absolute atomic E-state index is 12.2. The van der Waals surface area contributed by atoms with Crippen LogP contribution < -0.4 is 0 Å². The fraction of sp³-hybridized carbons (Fsp3) is 0.556. The van der Waals surface area contributed by atoms with Crippen molar-refractivity contribution < 1.29 is 4.79 Å². The van der Waals surface area contributed by atoms with E-state index in [4.69, 9.17) is 0 Å². The van der Waals surface area contributed by atoms with E-state index in [-0.39, 0.29) is 11.3 Å². The number of rotatable bonds is 5. The maximum Gasteiger partial charge on any atom is 0.222 e. The van der Waals surface area contributed by atoms with Gasteiger partial charge in [-0.2, -0.15) is 0 Å². The number of carbonyl (C=O) groups excluding carboxylic acids is 1. The van der Waals surface area contributed by atoms with Gasteiger partial charge in [0, 0.05) is 31.9 Å². The first-order valence-corrected chi connectivity index (χ1v) is 7.79. The van der Waals surface area contributed by atoms with Crippen LogP contribution in [-0.2, 0) is 11.3 Å². The van der Waals surface area contributed by atoms with Crippen molar-refractivity contribution in [3.63, 3.8) is 0 Å². The molecule has 114 valence electrons. The number of piperidine rings is 1. The maximum atomic E-state index is 12.2. The lowest BCUT2D eigenvalue weighted by molar-refractivity contribution is -0.138. The van der Waals surface area contributed by atoms with Gasteiger partial charge in [0.1, 0.15) is 0 Å². The SMILES string of the molecule is CC(C)=CCC[C@]1(C)CCC(=O)N(Cc2ccncc2)C1. The fourth-order valence-electron chi connectivity index (χ4n) is 2.96. The lowest BCUT2D eigenvalue weighted by Gasteiger charge is -2.40. The van der Waals surface area contributed by atoms with Crippen molar-refractivity contribution in [3.05, 3.63) is 41.7 Å². The molecule has 1 saturated heterocycles. The smallest absolute Gasteiger partial charge is 0.222 e. The van der Waals surface area contributed by atoms with Crippen molar-refractivity contribution in [1.82, 2.24) is 9.88 Å². The quantitative estimate of drug-likeness (QED) is 0.768. The fourth-order valence-corrected chi connectivity index (χ4v) is 2.96. The number of hydrogen-bond donors (Lipinski definition) is 0. The van der Waals surface area contributed by atoms with E-state index < -0.39 is 0 Å². The van der Waals surface area contributed by atoms with E-state index >= 15 is 0 Å². The highest BCUT2D eigenvalue weighted by molar-refractivity contribution is 5.77. The molecular weight excluding hydrogens is 260 g/mol. The second-order valence-corrected chi connectivity index (χ2v) is 6.74. The molecule has 2 rings (SSSR count). The molecule has 0 spiro atoms. The Bertz CT molecular complexity index is 505. The molecule has 2 heterocycles. The van der Waals surface area contributed by atoms with Crippen LogP contribution in [0.2, 0.25) is 0 Å². The number of hydrogen-bond acceptors (Lipinski definition) is 2. The predicted octanol–water partition coefficient (Wildman–Crippen LogP) is 3.96. The van der Waals surface area contributed by atoms with Crippen molar-refractivity contribution in [3.8, 4) is 0 Å². The Hall–Kier alpha value is -1.64. The molecule has 1 aromatic rings. The molecule has 1 fully saturated rings. The molecule has 1 aromatic heterocycles. The van der Waals surface area contributed by atoms with E-state index in [1.54, 1.807) is 12.4 Å². The Morgan fingerprint density at radius 1 is 1.38 bits per heavy atom. The summed E-state index contributed by atoms with van der Waals surface area (Å²) in [6.45, 7) is 8.17. The third-order valence-electron chi connectivity index (χ3n) is 4.29. The summed E-state index contributed by atoms with van der Waals surface area (Å²) in [4.78, 5) is 18.2. The molecule has 0 unspecified atom stereocenters. The van der Waals surface area contributed by atoms with Crippen molar-refractivity contribution in [2.75, 3.05) is 6.54 Å². The van der Waals surface area contributed by atoms with E-state index in [1.165, 1.54) is 5.57 Å². The summed E-state index contributed by atoms with van der Waals surface area (Å²) >= 11 is 0. The highest BCUT2D eigenvalue weighted by atomic mass is 16.2. The molecule has 0 aromatic carbocycles. The summed E-state index contributed by atoms with van der Waals surface area (Å²) in [7, 11) is 0. The Morgan fingerprint density at radius 2 is 2.10 bits per heavy atom. The third-order valence-corrected chi connectivity index (χ3v) is 4.29. The van der Waals surface area contributed by atoms with E-state index in [1.807, 2.05) is 17.0 Å². The lowest BCUT2D eigenvalue weighted by atomic mass is 9.77. The molecule has 0 bridgehead atoms. The number of allylic oxidation sites excluding steroid dienone is 2. The first-order valence-electron chi connectivity index (χ1n) is 7.79. The molecule has 0 radical (unpaired) electrons. The molecule has 3 nitrogen and oxygen atoms in total. The van der Waals surface area contributed by atoms with Crippen LogP contribution in [0.25, 0.3) is 0 Å². The number of aromatic nitrogens is 1. The average Bonchev–Trinajstić information content (AvgIpc) is 2.44. The zero-order valence-electron chi connectivity index (χ0n) is 13.4. The van der Waals surface area contributed by atoms with Crippen LogP contribution >= 0.6 is 0 Å². The van der Waals surface area contributed by atoms with Crippen molar-refractivity contribution >= 4 is 5.91 Å². The molecule has 21 heavy (non-hydrogen) atoms. The molecule has 1 aliphatic heterocycles. The Labute approximate surface area is 128 Å². The Morgan fingerprint density at radius 3 is 2.76 bits per heavy atom. The van der Waals surface area contributed by atoms with Crippen molar-refractivity contribution in [2.45, 2.75) is 53.0 Å². The zero-order chi connectivity index (χ0) is 15.3. The summed E-state index contributed by atoms with van der Waals surface area (Å²) in [5.74, 6) is 0.284. The van der Waals surface area contributed by atoms with Crippen LogP contribution in [0.3, 0.4) is 0 Å². The normalized spacial score (nSPS) is 22.2. The van der Waals surface area contributed by atoms with Crippen molar-refractivity contribution in [1.29, 1.82) is 0 Å². The van der Waals surface area contributed by atoms with Gasteiger partial charge in [-0.3, -0.25) is 9.78 Å². The van der Waals surface area contributed by atoms with Crippen LogP contribution in [0.5, 0.6) is 0 Å². The number of likely N-dealkylation sites (tertiary alicyclic amines) is 1. The molecule has 3 heteroatoms. The molecule has 1 amide bonds. The van der Waals surface area contributed by atoms with Crippen LogP contribution in [0.4, 0.5) is 0 Å². The Balaban J connectivity index is 1.98. The van der Waals surface area contributed by atoms with E-state index in [0.717, 1.165) is 31.4 Å². The molecule has 1 aliphatic rings. The van der Waals surface area contributed by atoms with Crippen LogP contribution in [-0.4, -0.2) is 22.3 Å².